The number of carbonyl (C=O) groups is 1. The van der Waals surface area contributed by atoms with Crippen molar-refractivity contribution < 1.29 is 13.2 Å². The van der Waals surface area contributed by atoms with Crippen molar-refractivity contribution in [2.45, 2.75) is 19.9 Å². The molecular weight excluding hydrogens is 465 g/mol. The topological polar surface area (TPSA) is 78.8 Å². The quantitative estimate of drug-likeness (QED) is 0.388. The number of amides is 1. The van der Waals surface area contributed by atoms with Gasteiger partial charge in [-0.2, -0.15) is 5.10 Å². The summed E-state index contributed by atoms with van der Waals surface area (Å²) in [4.78, 5) is 12.5. The molecule has 0 fully saturated rings. The second kappa shape index (κ2) is 8.63. The third kappa shape index (κ3) is 5.28. The van der Waals surface area contributed by atoms with Crippen LogP contribution in [0.2, 0.25) is 0 Å². The van der Waals surface area contributed by atoms with Gasteiger partial charge in [-0.3, -0.25) is 9.10 Å². The average molecular weight is 485 g/mol. The number of sulfonamides is 1. The summed E-state index contributed by atoms with van der Waals surface area (Å²) in [5, 5.41) is 4.11. The summed E-state index contributed by atoms with van der Waals surface area (Å²) in [6.45, 7) is 3.31. The fourth-order valence-corrected chi connectivity index (χ4v) is 4.11. The number of halogens is 1. The monoisotopic (exact) mass is 485 g/mol. The Balaban J connectivity index is 2.20. The molecule has 0 aliphatic rings. The van der Waals surface area contributed by atoms with Gasteiger partial charge in [0.2, 0.25) is 10.0 Å². The zero-order valence-corrected chi connectivity index (χ0v) is 17.7. The van der Waals surface area contributed by atoms with Crippen molar-refractivity contribution in [2.75, 3.05) is 10.6 Å². The molecule has 6 nitrogen and oxygen atoms in total. The highest BCUT2D eigenvalue weighted by molar-refractivity contribution is 14.1. The van der Waals surface area contributed by atoms with Crippen molar-refractivity contribution in [1.29, 1.82) is 0 Å². The van der Waals surface area contributed by atoms with E-state index in [0.29, 0.717) is 11.4 Å². The van der Waals surface area contributed by atoms with E-state index in [4.69, 9.17) is 0 Å². The van der Waals surface area contributed by atoms with E-state index in [1.807, 2.05) is 24.3 Å². The van der Waals surface area contributed by atoms with E-state index in [2.05, 4.69) is 33.1 Å². The van der Waals surface area contributed by atoms with Crippen LogP contribution in [-0.4, -0.2) is 32.3 Å². The van der Waals surface area contributed by atoms with Gasteiger partial charge in [0.1, 0.15) is 6.04 Å². The van der Waals surface area contributed by atoms with Crippen LogP contribution >= 0.6 is 22.6 Å². The van der Waals surface area contributed by atoms with Crippen molar-refractivity contribution in [1.82, 2.24) is 5.43 Å². The molecule has 1 N–H and O–H groups in total. The van der Waals surface area contributed by atoms with Crippen molar-refractivity contribution in [3.63, 3.8) is 0 Å². The molecular formula is C18H20IN3O3S. The molecule has 0 aliphatic carbocycles. The molecule has 0 bridgehead atoms. The lowest BCUT2D eigenvalue weighted by Crippen LogP contribution is -2.46. The molecule has 0 aliphatic heterocycles. The van der Waals surface area contributed by atoms with Crippen LogP contribution < -0.4 is 9.73 Å². The lowest BCUT2D eigenvalue weighted by molar-refractivity contribution is -0.121. The van der Waals surface area contributed by atoms with E-state index in [1.165, 1.54) is 6.92 Å². The van der Waals surface area contributed by atoms with E-state index in [9.17, 15) is 13.2 Å². The van der Waals surface area contributed by atoms with E-state index >= 15 is 0 Å². The van der Waals surface area contributed by atoms with Gasteiger partial charge in [0, 0.05) is 3.57 Å². The molecule has 26 heavy (non-hydrogen) atoms. The molecule has 0 spiro atoms. The van der Waals surface area contributed by atoms with Gasteiger partial charge in [0.25, 0.3) is 5.91 Å². The van der Waals surface area contributed by atoms with Crippen LogP contribution in [0.3, 0.4) is 0 Å². The third-order valence-corrected chi connectivity index (χ3v) is 5.59. The van der Waals surface area contributed by atoms with Gasteiger partial charge >= 0.3 is 0 Å². The van der Waals surface area contributed by atoms with E-state index in [1.54, 1.807) is 37.3 Å². The zero-order valence-electron chi connectivity index (χ0n) is 14.7. The summed E-state index contributed by atoms with van der Waals surface area (Å²) < 4.78 is 26.5. The zero-order chi connectivity index (χ0) is 19.3. The normalized spacial score (nSPS) is 13.2. The summed E-state index contributed by atoms with van der Waals surface area (Å²) in [5.74, 6) is -0.510. The highest BCUT2D eigenvalue weighted by Crippen LogP contribution is 2.20. The Morgan fingerprint density at radius 2 is 1.81 bits per heavy atom. The van der Waals surface area contributed by atoms with Crippen LogP contribution in [0, 0.1) is 3.57 Å². The molecule has 8 heteroatoms. The van der Waals surface area contributed by atoms with Crippen LogP contribution in [0.5, 0.6) is 0 Å². The molecule has 1 atom stereocenters. The number of rotatable bonds is 6. The predicted octanol–water partition coefficient (Wildman–Crippen LogP) is 2.99. The van der Waals surface area contributed by atoms with Crippen molar-refractivity contribution in [3.05, 3.63) is 63.7 Å². The molecule has 0 radical (unpaired) electrons. The molecule has 0 unspecified atom stereocenters. The third-order valence-electron chi connectivity index (χ3n) is 3.68. The second-order valence-corrected chi connectivity index (χ2v) is 8.86. The van der Waals surface area contributed by atoms with Gasteiger partial charge in [-0.25, -0.2) is 13.8 Å². The number of hydrazone groups is 1. The number of anilines is 1. The SMILES string of the molecule is C/C(=N/NC(=O)[C@@H](C)N(c1ccccc1)S(C)(=O)=O)c1cccc(I)c1. The minimum Gasteiger partial charge on any atom is -0.271 e. The minimum atomic E-state index is -3.64. The van der Waals surface area contributed by atoms with Crippen molar-refractivity contribution in [2.24, 2.45) is 5.10 Å². The summed E-state index contributed by atoms with van der Waals surface area (Å²) in [6.07, 6.45) is 1.07. The molecule has 2 aromatic carbocycles. The molecule has 0 saturated carbocycles. The van der Waals surface area contributed by atoms with Gasteiger partial charge in [0.15, 0.2) is 0 Å². The number of hydrogen-bond acceptors (Lipinski definition) is 4. The van der Waals surface area contributed by atoms with Crippen LogP contribution in [0.4, 0.5) is 5.69 Å². The summed E-state index contributed by atoms with van der Waals surface area (Å²) in [7, 11) is -3.64. The Bertz CT molecular complexity index is 914. The highest BCUT2D eigenvalue weighted by Gasteiger charge is 2.28. The molecule has 2 rings (SSSR count). The number of carbonyl (C=O) groups excluding carboxylic acids is 1. The van der Waals surface area contributed by atoms with Gasteiger partial charge in [-0.15, -0.1) is 0 Å². The van der Waals surface area contributed by atoms with E-state index in [-0.39, 0.29) is 0 Å². The van der Waals surface area contributed by atoms with Crippen molar-refractivity contribution in [3.8, 4) is 0 Å². The minimum absolute atomic E-state index is 0.427. The summed E-state index contributed by atoms with van der Waals surface area (Å²) in [6, 6.07) is 15.3. The van der Waals surface area contributed by atoms with E-state index < -0.39 is 22.0 Å². The molecule has 0 heterocycles. The average Bonchev–Trinajstić information content (AvgIpc) is 2.59. The van der Waals surface area contributed by atoms with E-state index in [0.717, 1.165) is 19.7 Å². The largest absolute Gasteiger partial charge is 0.271 e. The van der Waals surface area contributed by atoms with Crippen LogP contribution in [0.15, 0.2) is 59.7 Å². The van der Waals surface area contributed by atoms with Crippen LogP contribution in [0.1, 0.15) is 19.4 Å². The fraction of sp³-hybridized carbons (Fsp3) is 0.222. The Morgan fingerprint density at radius 3 is 2.38 bits per heavy atom. The van der Waals surface area contributed by atoms with Crippen LogP contribution in [0.25, 0.3) is 0 Å². The molecule has 0 aromatic heterocycles. The first-order valence-electron chi connectivity index (χ1n) is 7.84. The smallest absolute Gasteiger partial charge is 0.263 e. The Morgan fingerprint density at radius 1 is 1.15 bits per heavy atom. The maximum absolute atomic E-state index is 12.5. The number of nitrogens with one attached hydrogen (secondary N) is 1. The number of benzene rings is 2. The number of para-hydroxylation sites is 1. The predicted molar refractivity (Wildman–Crippen MR) is 113 cm³/mol. The Hall–Kier alpha value is -1.94. The number of hydrogen-bond donors (Lipinski definition) is 1. The first-order valence-corrected chi connectivity index (χ1v) is 10.8. The lowest BCUT2D eigenvalue weighted by atomic mass is 10.1. The first-order chi connectivity index (χ1) is 12.2. The van der Waals surface area contributed by atoms with Gasteiger partial charge < -0.3 is 0 Å². The standard InChI is InChI=1S/C18H20IN3O3S/c1-13(15-8-7-9-16(19)12-15)20-21-18(23)14(2)22(26(3,24)25)17-10-5-4-6-11-17/h4-12,14H,1-3H3,(H,21,23)/b20-13-/t14-/m1/s1. The fourth-order valence-electron chi connectivity index (χ4n) is 2.39. The Labute approximate surface area is 167 Å². The van der Waals surface area contributed by atoms with Gasteiger partial charge in [-0.1, -0.05) is 30.3 Å². The van der Waals surface area contributed by atoms with Crippen LogP contribution in [-0.2, 0) is 14.8 Å². The van der Waals surface area contributed by atoms with Crippen molar-refractivity contribution >= 4 is 49.9 Å². The molecule has 138 valence electrons. The second-order valence-electron chi connectivity index (χ2n) is 5.75. The molecule has 1 amide bonds. The highest BCUT2D eigenvalue weighted by atomic mass is 127. The summed E-state index contributed by atoms with van der Waals surface area (Å²) >= 11 is 2.20. The maximum Gasteiger partial charge on any atom is 0.263 e. The van der Waals surface area contributed by atoms with Gasteiger partial charge in [0.05, 0.1) is 17.7 Å². The summed E-state index contributed by atoms with van der Waals surface area (Å²) in [5.41, 5.74) is 4.41. The molecule has 0 saturated heterocycles. The maximum atomic E-state index is 12.5. The number of nitrogens with zero attached hydrogens (tertiary/aromatic N) is 2. The first kappa shape index (κ1) is 20.4. The lowest BCUT2D eigenvalue weighted by Gasteiger charge is -2.27. The Kier molecular flexibility index (Phi) is 6.76. The van der Waals surface area contributed by atoms with Gasteiger partial charge in [-0.05, 0) is 66.3 Å². The molecule has 2 aromatic rings.